The maximum Gasteiger partial charge on any atom is 0.253 e. The van der Waals surface area contributed by atoms with E-state index in [1.807, 2.05) is 24.3 Å². The van der Waals surface area contributed by atoms with Crippen molar-refractivity contribution < 1.29 is 27.2 Å². The predicted molar refractivity (Wildman–Crippen MR) is 125 cm³/mol. The molecule has 2 saturated heterocycles. The number of benzene rings is 2. The summed E-state index contributed by atoms with van der Waals surface area (Å²) in [5.41, 5.74) is 1.40. The number of morpholine rings is 1. The maximum absolute atomic E-state index is 12.9. The summed E-state index contributed by atoms with van der Waals surface area (Å²) in [6, 6.07) is 13.8. The average Bonchev–Trinajstić information content (AvgIpc) is 3.32. The second-order valence-corrected chi connectivity index (χ2v) is 10.4. The highest BCUT2D eigenvalue weighted by Crippen LogP contribution is 2.28. The lowest BCUT2D eigenvalue weighted by Gasteiger charge is -2.37. The Labute approximate surface area is 203 Å². The van der Waals surface area contributed by atoms with Gasteiger partial charge < -0.3 is 18.9 Å². The van der Waals surface area contributed by atoms with Crippen molar-refractivity contribution in [1.82, 2.24) is 19.3 Å². The summed E-state index contributed by atoms with van der Waals surface area (Å²) < 4.78 is 43.0. The molecule has 1 aromatic heterocycles. The second-order valence-electron chi connectivity index (χ2n) is 8.49. The van der Waals surface area contributed by atoms with E-state index in [1.54, 1.807) is 24.1 Å². The standard InChI is InChI=1S/C24H26N4O6S/c1-32-21-5-3-2-4-18(21)14-22-25-23(34-26-22)19-15-27(16-19)24(29)17-6-8-20(9-7-17)35(30,31)28-10-12-33-13-11-28/h2-9,19H,10-16H2,1H3. The number of aromatic nitrogens is 2. The Morgan fingerprint density at radius 1 is 1.09 bits per heavy atom. The molecular weight excluding hydrogens is 472 g/mol. The molecular formula is C24H26N4O6S. The van der Waals surface area contributed by atoms with Gasteiger partial charge in [-0.15, -0.1) is 0 Å². The van der Waals surface area contributed by atoms with Crippen LogP contribution in [0.4, 0.5) is 0 Å². The van der Waals surface area contributed by atoms with E-state index in [0.717, 1.165) is 11.3 Å². The predicted octanol–water partition coefficient (Wildman–Crippen LogP) is 1.93. The van der Waals surface area contributed by atoms with E-state index >= 15 is 0 Å². The molecule has 2 aromatic carbocycles. The quantitative estimate of drug-likeness (QED) is 0.485. The molecule has 0 aliphatic carbocycles. The molecule has 0 spiro atoms. The number of nitrogens with zero attached hydrogens (tertiary/aromatic N) is 4. The number of hydrogen-bond acceptors (Lipinski definition) is 8. The Hall–Kier alpha value is -3.28. The third-order valence-corrected chi connectivity index (χ3v) is 8.16. The topological polar surface area (TPSA) is 115 Å². The fraction of sp³-hybridized carbons (Fsp3) is 0.375. The molecule has 2 fully saturated rings. The van der Waals surface area contributed by atoms with Gasteiger partial charge in [0.2, 0.25) is 15.9 Å². The molecule has 3 aromatic rings. The van der Waals surface area contributed by atoms with Crippen LogP contribution in [0.2, 0.25) is 0 Å². The third kappa shape index (κ3) is 4.79. The summed E-state index contributed by atoms with van der Waals surface area (Å²) in [4.78, 5) is 19.2. The molecule has 35 heavy (non-hydrogen) atoms. The van der Waals surface area contributed by atoms with E-state index in [1.165, 1.54) is 16.4 Å². The van der Waals surface area contributed by atoms with Crippen LogP contribution < -0.4 is 4.74 Å². The summed E-state index contributed by atoms with van der Waals surface area (Å²) in [7, 11) is -1.97. The molecule has 0 unspecified atom stereocenters. The van der Waals surface area contributed by atoms with Gasteiger partial charge in [-0.05, 0) is 30.3 Å². The van der Waals surface area contributed by atoms with Crippen LogP contribution >= 0.6 is 0 Å². The van der Waals surface area contributed by atoms with Gasteiger partial charge in [0.05, 0.1) is 31.1 Å². The van der Waals surface area contributed by atoms with Crippen molar-refractivity contribution in [3.63, 3.8) is 0 Å². The van der Waals surface area contributed by atoms with Gasteiger partial charge in [0.1, 0.15) is 5.75 Å². The molecule has 2 aliphatic rings. The Kier molecular flexibility index (Phi) is 6.54. The van der Waals surface area contributed by atoms with Gasteiger partial charge in [-0.25, -0.2) is 8.42 Å². The van der Waals surface area contributed by atoms with Gasteiger partial charge in [0.25, 0.3) is 5.91 Å². The number of hydrogen-bond donors (Lipinski definition) is 0. The van der Waals surface area contributed by atoms with Crippen molar-refractivity contribution in [2.45, 2.75) is 17.2 Å². The average molecular weight is 499 g/mol. The van der Waals surface area contributed by atoms with Crippen LogP contribution in [0.5, 0.6) is 5.75 Å². The molecule has 184 valence electrons. The first kappa shape index (κ1) is 23.5. The van der Waals surface area contributed by atoms with Crippen LogP contribution in [-0.2, 0) is 21.2 Å². The smallest absolute Gasteiger partial charge is 0.253 e. The Morgan fingerprint density at radius 3 is 2.51 bits per heavy atom. The van der Waals surface area contributed by atoms with Crippen LogP contribution in [0.25, 0.3) is 0 Å². The Morgan fingerprint density at radius 2 is 1.80 bits per heavy atom. The summed E-state index contributed by atoms with van der Waals surface area (Å²) in [6.45, 7) is 2.34. The first-order valence-corrected chi connectivity index (χ1v) is 12.8. The fourth-order valence-corrected chi connectivity index (χ4v) is 5.62. The highest BCUT2D eigenvalue weighted by atomic mass is 32.2. The number of para-hydroxylation sites is 1. The van der Waals surface area contributed by atoms with E-state index < -0.39 is 10.0 Å². The third-order valence-electron chi connectivity index (χ3n) is 6.25. The molecule has 0 saturated carbocycles. The van der Waals surface area contributed by atoms with E-state index in [2.05, 4.69) is 10.1 Å². The molecule has 1 amide bonds. The number of carbonyl (C=O) groups is 1. The van der Waals surface area contributed by atoms with E-state index in [0.29, 0.717) is 63.1 Å². The molecule has 0 radical (unpaired) electrons. The van der Waals surface area contributed by atoms with Crippen molar-refractivity contribution in [1.29, 1.82) is 0 Å². The number of carbonyl (C=O) groups excluding carboxylic acids is 1. The molecule has 11 heteroatoms. The summed E-state index contributed by atoms with van der Waals surface area (Å²) >= 11 is 0. The molecule has 2 aliphatic heterocycles. The van der Waals surface area contributed by atoms with Crippen LogP contribution in [0, 0.1) is 0 Å². The minimum atomic E-state index is -3.59. The summed E-state index contributed by atoms with van der Waals surface area (Å²) in [5.74, 6) is 1.64. The number of methoxy groups -OCH3 is 1. The van der Waals surface area contributed by atoms with Gasteiger partial charge >= 0.3 is 0 Å². The summed E-state index contributed by atoms with van der Waals surface area (Å²) in [5, 5.41) is 4.08. The van der Waals surface area contributed by atoms with Gasteiger partial charge in [-0.2, -0.15) is 9.29 Å². The lowest BCUT2D eigenvalue weighted by molar-refractivity contribution is 0.0569. The first-order valence-electron chi connectivity index (χ1n) is 11.4. The number of likely N-dealkylation sites (tertiary alicyclic amines) is 1. The van der Waals surface area contributed by atoms with Crippen LogP contribution in [0.1, 0.15) is 33.6 Å². The van der Waals surface area contributed by atoms with Crippen molar-refractivity contribution in [2.75, 3.05) is 46.5 Å². The van der Waals surface area contributed by atoms with Crippen LogP contribution in [0.15, 0.2) is 57.9 Å². The van der Waals surface area contributed by atoms with E-state index in [4.69, 9.17) is 14.0 Å². The first-order chi connectivity index (χ1) is 17.0. The number of sulfonamides is 1. The summed E-state index contributed by atoms with van der Waals surface area (Å²) in [6.07, 6.45) is 0.489. The number of rotatable bonds is 7. The van der Waals surface area contributed by atoms with Crippen molar-refractivity contribution in [3.05, 3.63) is 71.4 Å². The minimum Gasteiger partial charge on any atom is -0.496 e. The van der Waals surface area contributed by atoms with Crippen LogP contribution in [-0.4, -0.2) is 80.2 Å². The minimum absolute atomic E-state index is 0.0289. The highest BCUT2D eigenvalue weighted by molar-refractivity contribution is 7.89. The normalized spacial score (nSPS) is 17.2. The van der Waals surface area contributed by atoms with Crippen molar-refractivity contribution in [2.24, 2.45) is 0 Å². The second kappa shape index (κ2) is 9.76. The zero-order chi connectivity index (χ0) is 24.4. The Balaban J connectivity index is 1.18. The molecule has 3 heterocycles. The molecule has 0 atom stereocenters. The number of ether oxygens (including phenoxy) is 2. The Bertz CT molecular complexity index is 1300. The van der Waals surface area contributed by atoms with Crippen LogP contribution in [0.3, 0.4) is 0 Å². The van der Waals surface area contributed by atoms with Gasteiger partial charge in [-0.3, -0.25) is 4.79 Å². The van der Waals surface area contributed by atoms with Gasteiger partial charge in [0.15, 0.2) is 5.82 Å². The van der Waals surface area contributed by atoms with Crippen molar-refractivity contribution >= 4 is 15.9 Å². The van der Waals surface area contributed by atoms with E-state index in [-0.39, 0.29) is 16.7 Å². The number of amides is 1. The van der Waals surface area contributed by atoms with E-state index in [9.17, 15) is 13.2 Å². The lowest BCUT2D eigenvalue weighted by Crippen LogP contribution is -2.48. The SMILES string of the molecule is COc1ccccc1Cc1noc(C2CN(C(=O)c3ccc(S(=O)(=O)N4CCOCC4)cc3)C2)n1. The maximum atomic E-state index is 12.9. The van der Waals surface area contributed by atoms with Gasteiger partial charge in [-0.1, -0.05) is 23.4 Å². The monoisotopic (exact) mass is 498 g/mol. The molecule has 0 bridgehead atoms. The molecule has 5 rings (SSSR count). The lowest BCUT2D eigenvalue weighted by atomic mass is 9.98. The highest BCUT2D eigenvalue weighted by Gasteiger charge is 2.36. The largest absolute Gasteiger partial charge is 0.496 e. The molecule has 0 N–H and O–H groups in total. The molecule has 10 nitrogen and oxygen atoms in total. The zero-order valence-corrected chi connectivity index (χ0v) is 20.1. The van der Waals surface area contributed by atoms with Crippen molar-refractivity contribution in [3.8, 4) is 5.75 Å². The van der Waals surface area contributed by atoms with Gasteiger partial charge in [0, 0.05) is 43.7 Å². The fourth-order valence-electron chi connectivity index (χ4n) is 4.21. The zero-order valence-electron chi connectivity index (χ0n) is 19.3.